The minimum Gasteiger partial charge on any atom is -0.347 e. The van der Waals surface area contributed by atoms with E-state index in [1.807, 2.05) is 5.38 Å². The van der Waals surface area contributed by atoms with E-state index < -0.39 is 11.8 Å². The molecule has 1 aromatic heterocycles. The van der Waals surface area contributed by atoms with Crippen molar-refractivity contribution >= 4 is 23.2 Å². The van der Waals surface area contributed by atoms with Crippen molar-refractivity contribution in [1.82, 2.24) is 15.7 Å². The molecule has 0 spiro atoms. The summed E-state index contributed by atoms with van der Waals surface area (Å²) >= 11 is 1.49. The summed E-state index contributed by atoms with van der Waals surface area (Å²) in [6.07, 6.45) is 0.604. The van der Waals surface area contributed by atoms with E-state index in [1.54, 1.807) is 10.9 Å². The minimum atomic E-state index is -0.844. The highest BCUT2D eigenvalue weighted by Crippen LogP contribution is 2.00. The number of thiazole rings is 1. The molecule has 4 N–H and O–H groups in total. The number of carbonyl (C=O) groups excluding carboxylic acids is 2. The molecule has 0 bridgehead atoms. The molecule has 0 unspecified atom stereocenters. The molecule has 1 rings (SSSR count). The van der Waals surface area contributed by atoms with E-state index in [2.05, 4.69) is 10.3 Å². The van der Waals surface area contributed by atoms with E-state index in [0.29, 0.717) is 13.0 Å². The predicted octanol–water partition coefficient (Wildman–Crippen LogP) is -1.21. The standard InChI is InChI=1S/C7H10N4O2S/c8-11-7(13)6(12)9-2-1-5-3-14-4-10-5/h3-4H,1-2,8H2,(H,9,12)(H,11,13). The molecule has 1 heterocycles. The quantitative estimate of drug-likeness (QED) is 0.254. The van der Waals surface area contributed by atoms with Gasteiger partial charge in [0.15, 0.2) is 0 Å². The van der Waals surface area contributed by atoms with Crippen LogP contribution in [0.5, 0.6) is 0 Å². The van der Waals surface area contributed by atoms with Crippen molar-refractivity contribution in [3.8, 4) is 0 Å². The number of carbonyl (C=O) groups is 2. The van der Waals surface area contributed by atoms with E-state index in [-0.39, 0.29) is 0 Å². The second-order valence-corrected chi connectivity index (χ2v) is 3.18. The number of rotatable bonds is 3. The van der Waals surface area contributed by atoms with Crippen LogP contribution in [0.15, 0.2) is 10.9 Å². The van der Waals surface area contributed by atoms with Crippen LogP contribution in [0.25, 0.3) is 0 Å². The maximum Gasteiger partial charge on any atom is 0.323 e. The normalized spacial score (nSPS) is 9.50. The van der Waals surface area contributed by atoms with Crippen LogP contribution in [0.2, 0.25) is 0 Å². The Labute approximate surface area is 84.5 Å². The van der Waals surface area contributed by atoms with Crippen LogP contribution in [-0.4, -0.2) is 23.3 Å². The van der Waals surface area contributed by atoms with Crippen molar-refractivity contribution in [1.29, 1.82) is 0 Å². The van der Waals surface area contributed by atoms with Gasteiger partial charge in [-0.25, -0.2) is 10.8 Å². The van der Waals surface area contributed by atoms with Crippen LogP contribution in [0.1, 0.15) is 5.69 Å². The molecule has 0 aliphatic heterocycles. The molecule has 0 aliphatic carbocycles. The lowest BCUT2D eigenvalue weighted by atomic mass is 10.3. The largest absolute Gasteiger partial charge is 0.347 e. The summed E-state index contributed by atoms with van der Waals surface area (Å²) < 4.78 is 0. The van der Waals surface area contributed by atoms with Crippen LogP contribution >= 0.6 is 11.3 Å². The number of hydrogen-bond acceptors (Lipinski definition) is 5. The smallest absolute Gasteiger partial charge is 0.323 e. The average Bonchev–Trinajstić information content (AvgIpc) is 2.69. The van der Waals surface area contributed by atoms with E-state index >= 15 is 0 Å². The zero-order chi connectivity index (χ0) is 10.4. The molecule has 0 atom stereocenters. The van der Waals surface area contributed by atoms with Gasteiger partial charge in [-0.1, -0.05) is 0 Å². The van der Waals surface area contributed by atoms with Gasteiger partial charge in [0.25, 0.3) is 0 Å². The maximum atomic E-state index is 10.9. The lowest BCUT2D eigenvalue weighted by Gasteiger charge is -2.01. The molecule has 0 aliphatic rings. The Morgan fingerprint density at radius 3 is 2.86 bits per heavy atom. The Morgan fingerprint density at radius 2 is 2.29 bits per heavy atom. The van der Waals surface area contributed by atoms with Gasteiger partial charge >= 0.3 is 11.8 Å². The Morgan fingerprint density at radius 1 is 1.50 bits per heavy atom. The molecule has 0 saturated carbocycles. The van der Waals surface area contributed by atoms with E-state index in [1.165, 1.54) is 11.3 Å². The van der Waals surface area contributed by atoms with Crippen molar-refractivity contribution in [2.45, 2.75) is 6.42 Å². The number of nitrogens with zero attached hydrogens (tertiary/aromatic N) is 1. The summed E-state index contributed by atoms with van der Waals surface area (Å²) in [6, 6.07) is 0. The van der Waals surface area contributed by atoms with Gasteiger partial charge in [-0.3, -0.25) is 15.0 Å². The first-order valence-electron chi connectivity index (χ1n) is 3.90. The third-order valence-corrected chi connectivity index (χ3v) is 2.12. The highest BCUT2D eigenvalue weighted by Gasteiger charge is 2.09. The summed E-state index contributed by atoms with van der Waals surface area (Å²) in [5.41, 5.74) is 4.35. The zero-order valence-corrected chi connectivity index (χ0v) is 8.13. The third-order valence-electron chi connectivity index (χ3n) is 1.49. The van der Waals surface area contributed by atoms with Gasteiger partial charge in [0.05, 0.1) is 11.2 Å². The highest BCUT2D eigenvalue weighted by atomic mass is 32.1. The first-order chi connectivity index (χ1) is 6.74. The number of aromatic nitrogens is 1. The molecule has 0 fully saturated rings. The van der Waals surface area contributed by atoms with Gasteiger partial charge in [0, 0.05) is 18.3 Å². The number of nitrogens with two attached hydrogens (primary N) is 1. The van der Waals surface area contributed by atoms with Gasteiger partial charge in [-0.2, -0.15) is 0 Å². The van der Waals surface area contributed by atoms with Crippen LogP contribution < -0.4 is 16.6 Å². The fraction of sp³-hybridized carbons (Fsp3) is 0.286. The Balaban J connectivity index is 2.22. The third kappa shape index (κ3) is 3.11. The van der Waals surface area contributed by atoms with Crippen LogP contribution in [0.4, 0.5) is 0 Å². The number of hydrogen-bond donors (Lipinski definition) is 3. The summed E-state index contributed by atoms with van der Waals surface area (Å²) in [7, 11) is 0. The Kier molecular flexibility index (Phi) is 4.02. The second kappa shape index (κ2) is 5.30. The van der Waals surface area contributed by atoms with Crippen molar-refractivity contribution in [3.63, 3.8) is 0 Å². The fourth-order valence-electron chi connectivity index (χ4n) is 0.811. The molecule has 76 valence electrons. The first-order valence-corrected chi connectivity index (χ1v) is 4.84. The molecular weight excluding hydrogens is 204 g/mol. The van der Waals surface area contributed by atoms with Crippen molar-refractivity contribution in [2.75, 3.05) is 6.54 Å². The van der Waals surface area contributed by atoms with E-state index in [0.717, 1.165) is 5.69 Å². The average molecular weight is 214 g/mol. The van der Waals surface area contributed by atoms with Gasteiger partial charge in [0.1, 0.15) is 0 Å². The SMILES string of the molecule is NNC(=O)C(=O)NCCc1cscn1. The van der Waals surface area contributed by atoms with Crippen molar-refractivity contribution in [3.05, 3.63) is 16.6 Å². The zero-order valence-electron chi connectivity index (χ0n) is 7.32. The lowest BCUT2D eigenvalue weighted by molar-refractivity contribution is -0.139. The number of hydrazine groups is 1. The molecule has 14 heavy (non-hydrogen) atoms. The maximum absolute atomic E-state index is 10.9. The lowest BCUT2D eigenvalue weighted by Crippen LogP contribution is -2.43. The monoisotopic (exact) mass is 214 g/mol. The highest BCUT2D eigenvalue weighted by molar-refractivity contribution is 7.07. The first kappa shape index (κ1) is 10.6. The predicted molar refractivity (Wildman–Crippen MR) is 51.2 cm³/mol. The topological polar surface area (TPSA) is 97.1 Å². The summed E-state index contributed by atoms with van der Waals surface area (Å²) in [4.78, 5) is 25.5. The van der Waals surface area contributed by atoms with Gasteiger partial charge in [-0.15, -0.1) is 11.3 Å². The molecule has 2 amide bonds. The van der Waals surface area contributed by atoms with Gasteiger partial charge < -0.3 is 5.32 Å². The Hall–Kier alpha value is -1.47. The van der Waals surface area contributed by atoms with Crippen LogP contribution in [0.3, 0.4) is 0 Å². The second-order valence-electron chi connectivity index (χ2n) is 2.46. The molecule has 0 saturated heterocycles. The minimum absolute atomic E-state index is 0.371. The summed E-state index contributed by atoms with van der Waals surface area (Å²) in [5.74, 6) is 3.19. The van der Waals surface area contributed by atoms with Crippen LogP contribution in [0, 0.1) is 0 Å². The van der Waals surface area contributed by atoms with Gasteiger partial charge in [-0.05, 0) is 0 Å². The van der Waals surface area contributed by atoms with E-state index in [4.69, 9.17) is 5.84 Å². The summed E-state index contributed by atoms with van der Waals surface area (Å²) in [6.45, 7) is 0.371. The Bertz CT molecular complexity index is 311. The molecule has 0 aromatic carbocycles. The molecule has 6 nitrogen and oxygen atoms in total. The van der Waals surface area contributed by atoms with Gasteiger partial charge in [0.2, 0.25) is 0 Å². The van der Waals surface area contributed by atoms with Crippen molar-refractivity contribution in [2.24, 2.45) is 5.84 Å². The molecule has 1 aromatic rings. The van der Waals surface area contributed by atoms with E-state index in [9.17, 15) is 9.59 Å². The number of nitrogens with one attached hydrogen (secondary N) is 2. The molecular formula is C7H10N4O2S. The van der Waals surface area contributed by atoms with Crippen molar-refractivity contribution < 1.29 is 9.59 Å². The molecule has 7 heteroatoms. The summed E-state index contributed by atoms with van der Waals surface area (Å²) in [5, 5.41) is 4.29. The number of amides is 2. The van der Waals surface area contributed by atoms with Crippen LogP contribution in [-0.2, 0) is 16.0 Å². The molecule has 0 radical (unpaired) electrons. The fourth-order valence-corrected chi connectivity index (χ4v) is 1.40.